The highest BCUT2D eigenvalue weighted by Crippen LogP contribution is 2.41. The van der Waals surface area contributed by atoms with Crippen molar-refractivity contribution >= 4 is 7.60 Å². The highest BCUT2D eigenvalue weighted by atomic mass is 31.2. The molecule has 2 aromatic rings. The van der Waals surface area contributed by atoms with Crippen LogP contribution in [0.15, 0.2) is 60.7 Å². The molecule has 0 aliphatic carbocycles. The van der Waals surface area contributed by atoms with Gasteiger partial charge in [-0.3, -0.25) is 4.57 Å². The first kappa shape index (κ1) is 17.5. The summed E-state index contributed by atoms with van der Waals surface area (Å²) in [6.07, 6.45) is 0.500. The van der Waals surface area contributed by atoms with Gasteiger partial charge in [-0.2, -0.15) is 0 Å². The highest BCUT2D eigenvalue weighted by Gasteiger charge is 2.19. The number of ether oxygens (including phenoxy) is 2. The molecule has 1 atom stereocenters. The number of para-hydroxylation sites is 2. The van der Waals surface area contributed by atoms with E-state index in [0.717, 1.165) is 5.75 Å². The molecule has 2 aromatic carbocycles. The Labute approximate surface area is 136 Å². The van der Waals surface area contributed by atoms with E-state index < -0.39 is 7.60 Å². The van der Waals surface area contributed by atoms with Crippen LogP contribution in [0.25, 0.3) is 0 Å². The van der Waals surface area contributed by atoms with Crippen LogP contribution in [0.1, 0.15) is 6.42 Å². The molecule has 0 aromatic heterocycles. The Hall–Kier alpha value is -1.81. The maximum Gasteiger partial charge on any atom is 0.331 e. The number of hydrogen-bond acceptors (Lipinski definition) is 4. The molecule has 0 radical (unpaired) electrons. The molecular formula is C17H21O5P. The van der Waals surface area contributed by atoms with E-state index in [2.05, 4.69) is 0 Å². The number of benzene rings is 2. The molecule has 23 heavy (non-hydrogen) atoms. The van der Waals surface area contributed by atoms with Gasteiger partial charge in [0.05, 0.1) is 26.0 Å². The van der Waals surface area contributed by atoms with Gasteiger partial charge >= 0.3 is 7.60 Å². The molecule has 0 bridgehead atoms. The van der Waals surface area contributed by atoms with Crippen molar-refractivity contribution in [3.8, 4) is 11.5 Å². The van der Waals surface area contributed by atoms with Crippen molar-refractivity contribution in [2.24, 2.45) is 0 Å². The molecule has 0 heterocycles. The average molecular weight is 336 g/mol. The predicted molar refractivity (Wildman–Crippen MR) is 89.1 cm³/mol. The minimum atomic E-state index is -3.62. The molecule has 0 spiro atoms. The standard InChI is InChI=1S/C17H21O5P/c18-23(19,15-14-21-17-10-5-2-6-11-17)22-13-7-12-20-16-8-3-1-4-9-16/h1-6,8-11H,7,12-15H2,(H,18,19). The fourth-order valence-corrected chi connectivity index (χ4v) is 2.70. The normalized spacial score (nSPS) is 13.3. The summed E-state index contributed by atoms with van der Waals surface area (Å²) in [5, 5.41) is 0. The van der Waals surface area contributed by atoms with Crippen LogP contribution in [0.2, 0.25) is 0 Å². The summed E-state index contributed by atoms with van der Waals surface area (Å²) >= 11 is 0. The second-order valence-electron chi connectivity index (χ2n) is 4.87. The maximum absolute atomic E-state index is 11.8. The van der Waals surface area contributed by atoms with Crippen LogP contribution in [-0.2, 0) is 9.09 Å². The van der Waals surface area contributed by atoms with Crippen molar-refractivity contribution in [1.82, 2.24) is 0 Å². The van der Waals surface area contributed by atoms with Gasteiger partial charge in [-0.15, -0.1) is 0 Å². The van der Waals surface area contributed by atoms with Gasteiger partial charge in [0, 0.05) is 6.42 Å². The Morgan fingerprint density at radius 1 is 0.783 bits per heavy atom. The van der Waals surface area contributed by atoms with E-state index >= 15 is 0 Å². The molecule has 0 amide bonds. The van der Waals surface area contributed by atoms with E-state index in [9.17, 15) is 9.46 Å². The lowest BCUT2D eigenvalue weighted by Gasteiger charge is -2.13. The van der Waals surface area contributed by atoms with Crippen LogP contribution in [0, 0.1) is 0 Å². The summed E-state index contributed by atoms with van der Waals surface area (Å²) in [4.78, 5) is 9.72. The van der Waals surface area contributed by atoms with E-state index in [-0.39, 0.29) is 19.4 Å². The minimum Gasteiger partial charge on any atom is -0.494 e. The van der Waals surface area contributed by atoms with Crippen molar-refractivity contribution in [2.75, 3.05) is 26.0 Å². The molecule has 0 fully saturated rings. The first-order chi connectivity index (χ1) is 11.2. The van der Waals surface area contributed by atoms with Crippen molar-refractivity contribution in [3.63, 3.8) is 0 Å². The SMILES string of the molecule is O=P(O)(CCOc1ccccc1)OCCCOc1ccccc1. The summed E-state index contributed by atoms with van der Waals surface area (Å²) < 4.78 is 27.8. The van der Waals surface area contributed by atoms with Crippen LogP contribution in [-0.4, -0.2) is 30.9 Å². The Morgan fingerprint density at radius 3 is 1.87 bits per heavy atom. The first-order valence-electron chi connectivity index (χ1n) is 7.48. The molecule has 124 valence electrons. The van der Waals surface area contributed by atoms with Crippen LogP contribution >= 0.6 is 7.60 Å². The van der Waals surface area contributed by atoms with Gasteiger partial charge in [0.15, 0.2) is 0 Å². The Morgan fingerprint density at radius 2 is 1.30 bits per heavy atom. The quantitative estimate of drug-likeness (QED) is 0.529. The third-order valence-corrected chi connectivity index (χ3v) is 4.31. The summed E-state index contributed by atoms with van der Waals surface area (Å²) in [5.74, 6) is 1.44. The van der Waals surface area contributed by atoms with Crippen LogP contribution in [0.4, 0.5) is 0 Å². The zero-order valence-electron chi connectivity index (χ0n) is 12.8. The Kier molecular flexibility index (Phi) is 7.14. The average Bonchev–Trinajstić information content (AvgIpc) is 2.56. The maximum atomic E-state index is 11.8. The van der Waals surface area contributed by atoms with Gasteiger partial charge in [0.25, 0.3) is 0 Å². The molecular weight excluding hydrogens is 315 g/mol. The Bertz CT molecular complexity index is 603. The monoisotopic (exact) mass is 336 g/mol. The van der Waals surface area contributed by atoms with E-state index in [1.54, 1.807) is 12.1 Å². The lowest BCUT2D eigenvalue weighted by Crippen LogP contribution is -2.07. The molecule has 0 aliphatic heterocycles. The zero-order valence-corrected chi connectivity index (χ0v) is 13.7. The molecule has 1 unspecified atom stereocenters. The van der Waals surface area contributed by atoms with E-state index in [1.807, 2.05) is 48.5 Å². The zero-order chi connectivity index (χ0) is 16.4. The van der Waals surface area contributed by atoms with Crippen LogP contribution in [0.3, 0.4) is 0 Å². The van der Waals surface area contributed by atoms with Crippen molar-refractivity contribution in [2.45, 2.75) is 6.42 Å². The first-order valence-corrected chi connectivity index (χ1v) is 9.24. The lowest BCUT2D eigenvalue weighted by atomic mass is 10.3. The Balaban J connectivity index is 1.57. The molecule has 5 nitrogen and oxygen atoms in total. The van der Waals surface area contributed by atoms with Gasteiger partial charge < -0.3 is 18.9 Å². The van der Waals surface area contributed by atoms with E-state index in [1.165, 1.54) is 0 Å². The van der Waals surface area contributed by atoms with Gasteiger partial charge in [-0.05, 0) is 24.3 Å². The summed E-state index contributed by atoms with van der Waals surface area (Å²) in [7, 11) is -3.62. The lowest BCUT2D eigenvalue weighted by molar-refractivity contribution is 0.218. The van der Waals surface area contributed by atoms with E-state index in [4.69, 9.17) is 14.0 Å². The fourth-order valence-electron chi connectivity index (χ4n) is 1.83. The molecule has 0 saturated carbocycles. The summed E-state index contributed by atoms with van der Waals surface area (Å²) in [5.41, 5.74) is 0. The molecule has 1 N–H and O–H groups in total. The highest BCUT2D eigenvalue weighted by molar-refractivity contribution is 7.52. The predicted octanol–water partition coefficient (Wildman–Crippen LogP) is 3.74. The number of hydrogen-bond donors (Lipinski definition) is 1. The largest absolute Gasteiger partial charge is 0.494 e. The van der Waals surface area contributed by atoms with Crippen molar-refractivity contribution in [1.29, 1.82) is 0 Å². The summed E-state index contributed by atoms with van der Waals surface area (Å²) in [6.45, 7) is 0.745. The van der Waals surface area contributed by atoms with Gasteiger partial charge in [0.1, 0.15) is 11.5 Å². The smallest absolute Gasteiger partial charge is 0.331 e. The third-order valence-electron chi connectivity index (χ3n) is 2.98. The van der Waals surface area contributed by atoms with Crippen molar-refractivity contribution in [3.05, 3.63) is 60.7 Å². The molecule has 0 saturated heterocycles. The summed E-state index contributed by atoms with van der Waals surface area (Å²) in [6, 6.07) is 18.6. The molecule has 2 rings (SSSR count). The van der Waals surface area contributed by atoms with E-state index in [0.29, 0.717) is 18.8 Å². The van der Waals surface area contributed by atoms with Gasteiger partial charge in [-0.1, -0.05) is 36.4 Å². The third kappa shape index (κ3) is 7.33. The van der Waals surface area contributed by atoms with Gasteiger partial charge in [-0.25, -0.2) is 0 Å². The van der Waals surface area contributed by atoms with Crippen LogP contribution in [0.5, 0.6) is 11.5 Å². The van der Waals surface area contributed by atoms with Gasteiger partial charge in [0.2, 0.25) is 0 Å². The second kappa shape index (κ2) is 9.36. The fraction of sp³-hybridized carbons (Fsp3) is 0.294. The topological polar surface area (TPSA) is 65.0 Å². The molecule has 0 aliphatic rings. The number of rotatable bonds is 10. The second-order valence-corrected chi connectivity index (χ2v) is 6.85. The van der Waals surface area contributed by atoms with Crippen LogP contribution < -0.4 is 9.47 Å². The van der Waals surface area contributed by atoms with Crippen molar-refractivity contribution < 1.29 is 23.5 Å². The molecule has 6 heteroatoms. The minimum absolute atomic E-state index is 0.0402.